The smallest absolute Gasteiger partial charge is 0.118 e. The van der Waals surface area contributed by atoms with Crippen LogP contribution in [0.5, 0.6) is 5.75 Å². The summed E-state index contributed by atoms with van der Waals surface area (Å²) in [7, 11) is -0.857. The molecule has 0 aliphatic heterocycles. The predicted octanol–water partition coefficient (Wildman–Crippen LogP) is 2.48. The summed E-state index contributed by atoms with van der Waals surface area (Å²) in [5.74, 6) is 0.893. The lowest BCUT2D eigenvalue weighted by atomic mass is 10.1. The van der Waals surface area contributed by atoms with E-state index in [1.54, 1.807) is 12.1 Å². The van der Waals surface area contributed by atoms with Crippen molar-refractivity contribution in [3.63, 3.8) is 0 Å². The van der Waals surface area contributed by atoms with E-state index in [4.69, 9.17) is 0 Å². The maximum atomic E-state index is 11.8. The molecule has 84 valence electrons. The van der Waals surface area contributed by atoms with Crippen LogP contribution in [-0.4, -0.2) is 19.8 Å². The zero-order valence-electron chi connectivity index (χ0n) is 9.49. The van der Waals surface area contributed by atoms with Gasteiger partial charge in [-0.25, -0.2) is 0 Å². The number of hydrogen-bond acceptors (Lipinski definition) is 2. The highest BCUT2D eigenvalue weighted by Crippen LogP contribution is 2.18. The minimum Gasteiger partial charge on any atom is -0.508 e. The molecule has 1 rings (SSSR count). The average molecular weight is 226 g/mol. The number of aryl methyl sites for hydroxylation is 1. The molecule has 1 N–H and O–H groups in total. The molecule has 2 nitrogen and oxygen atoms in total. The summed E-state index contributed by atoms with van der Waals surface area (Å²) in [5.41, 5.74) is 0.870. The van der Waals surface area contributed by atoms with Crippen molar-refractivity contribution in [3.8, 4) is 5.75 Å². The zero-order valence-corrected chi connectivity index (χ0v) is 10.3. The quantitative estimate of drug-likeness (QED) is 0.859. The van der Waals surface area contributed by atoms with Gasteiger partial charge in [-0.1, -0.05) is 18.2 Å². The summed E-state index contributed by atoms with van der Waals surface area (Å²) < 4.78 is 11.6. The van der Waals surface area contributed by atoms with Gasteiger partial charge in [0.2, 0.25) is 0 Å². The normalized spacial score (nSPS) is 13.8. The lowest BCUT2D eigenvalue weighted by Gasteiger charge is -2.17. The fourth-order valence-corrected chi connectivity index (χ4v) is 2.25. The fraction of sp³-hybridized carbons (Fsp3) is 0.500. The van der Waals surface area contributed by atoms with E-state index in [1.165, 1.54) is 0 Å². The SMILES string of the molecule is CC(C)(C)S(=O)CCc1ccccc1O. The average Bonchev–Trinajstić information content (AvgIpc) is 2.14. The van der Waals surface area contributed by atoms with Crippen molar-refractivity contribution >= 4 is 10.8 Å². The molecule has 0 heterocycles. The molecule has 0 bridgehead atoms. The number of phenols is 1. The van der Waals surface area contributed by atoms with E-state index in [0.717, 1.165) is 5.56 Å². The van der Waals surface area contributed by atoms with E-state index in [1.807, 2.05) is 32.9 Å². The van der Waals surface area contributed by atoms with E-state index in [-0.39, 0.29) is 4.75 Å². The molecule has 0 saturated carbocycles. The Hall–Kier alpha value is -0.830. The largest absolute Gasteiger partial charge is 0.508 e. The van der Waals surface area contributed by atoms with Crippen molar-refractivity contribution in [2.75, 3.05) is 5.75 Å². The number of rotatable bonds is 3. The summed E-state index contributed by atoms with van der Waals surface area (Å²) >= 11 is 0. The topological polar surface area (TPSA) is 37.3 Å². The van der Waals surface area contributed by atoms with Crippen molar-refractivity contribution in [1.82, 2.24) is 0 Å². The van der Waals surface area contributed by atoms with Crippen LogP contribution in [0.4, 0.5) is 0 Å². The fourth-order valence-electron chi connectivity index (χ4n) is 1.23. The second kappa shape index (κ2) is 4.79. The Morgan fingerprint density at radius 1 is 1.27 bits per heavy atom. The number of para-hydroxylation sites is 1. The van der Waals surface area contributed by atoms with Crippen LogP contribution in [0.25, 0.3) is 0 Å². The van der Waals surface area contributed by atoms with Crippen LogP contribution in [0.1, 0.15) is 26.3 Å². The Bertz CT molecular complexity index is 353. The Labute approximate surface area is 93.8 Å². The van der Waals surface area contributed by atoms with Crippen LogP contribution in [-0.2, 0) is 17.2 Å². The highest BCUT2D eigenvalue weighted by atomic mass is 32.2. The highest BCUT2D eigenvalue weighted by molar-refractivity contribution is 7.86. The number of phenolic OH excluding ortho intramolecular Hbond substituents is 1. The lowest BCUT2D eigenvalue weighted by Crippen LogP contribution is -2.24. The lowest BCUT2D eigenvalue weighted by molar-refractivity contribution is 0.469. The molecule has 1 aromatic rings. The van der Waals surface area contributed by atoms with Crippen molar-refractivity contribution in [2.45, 2.75) is 31.9 Å². The molecule has 0 amide bonds. The molecule has 3 heteroatoms. The third-order valence-electron chi connectivity index (χ3n) is 2.23. The highest BCUT2D eigenvalue weighted by Gasteiger charge is 2.19. The van der Waals surface area contributed by atoms with E-state index in [9.17, 15) is 9.32 Å². The van der Waals surface area contributed by atoms with Crippen LogP contribution >= 0.6 is 0 Å². The Morgan fingerprint density at radius 2 is 1.87 bits per heavy atom. The van der Waals surface area contributed by atoms with Gasteiger partial charge in [-0.05, 0) is 38.8 Å². The van der Waals surface area contributed by atoms with Crippen LogP contribution < -0.4 is 0 Å². The van der Waals surface area contributed by atoms with Gasteiger partial charge in [0, 0.05) is 21.3 Å². The van der Waals surface area contributed by atoms with Crippen molar-refractivity contribution in [1.29, 1.82) is 0 Å². The molecule has 0 aromatic heterocycles. The van der Waals surface area contributed by atoms with Gasteiger partial charge in [-0.2, -0.15) is 0 Å². The van der Waals surface area contributed by atoms with Crippen LogP contribution in [0, 0.1) is 0 Å². The number of benzene rings is 1. The molecule has 0 spiro atoms. The summed E-state index contributed by atoms with van der Waals surface area (Å²) in [6.07, 6.45) is 0.663. The Morgan fingerprint density at radius 3 is 2.40 bits per heavy atom. The summed E-state index contributed by atoms with van der Waals surface area (Å²) in [4.78, 5) is 0. The van der Waals surface area contributed by atoms with Gasteiger partial charge in [0.15, 0.2) is 0 Å². The molecule has 1 aromatic carbocycles. The second-order valence-electron chi connectivity index (χ2n) is 4.54. The van der Waals surface area contributed by atoms with E-state index < -0.39 is 10.8 Å². The molecule has 1 atom stereocenters. The van der Waals surface area contributed by atoms with Crippen LogP contribution in [0.2, 0.25) is 0 Å². The first-order valence-corrected chi connectivity index (χ1v) is 6.38. The van der Waals surface area contributed by atoms with Gasteiger partial charge in [0.05, 0.1) is 0 Å². The van der Waals surface area contributed by atoms with Gasteiger partial charge < -0.3 is 5.11 Å². The maximum absolute atomic E-state index is 11.8. The molecule has 0 saturated heterocycles. The zero-order chi connectivity index (χ0) is 11.5. The summed E-state index contributed by atoms with van der Waals surface area (Å²) in [6, 6.07) is 7.21. The standard InChI is InChI=1S/C12H18O2S/c1-12(2,3)15(14)9-8-10-6-4-5-7-11(10)13/h4-7,13H,8-9H2,1-3H3. The van der Waals surface area contributed by atoms with E-state index in [2.05, 4.69) is 0 Å². The number of hydrogen-bond donors (Lipinski definition) is 1. The summed E-state index contributed by atoms with van der Waals surface area (Å²) in [5, 5.41) is 9.53. The molecule has 0 aliphatic rings. The van der Waals surface area contributed by atoms with Gasteiger partial charge in [-0.3, -0.25) is 4.21 Å². The predicted molar refractivity (Wildman–Crippen MR) is 64.6 cm³/mol. The molecular formula is C12H18O2S. The molecular weight excluding hydrogens is 208 g/mol. The number of aromatic hydroxyl groups is 1. The third-order valence-corrected chi connectivity index (χ3v) is 4.17. The minimum atomic E-state index is -0.857. The van der Waals surface area contributed by atoms with Crippen molar-refractivity contribution in [2.24, 2.45) is 0 Å². The van der Waals surface area contributed by atoms with E-state index >= 15 is 0 Å². The third kappa shape index (κ3) is 3.67. The van der Waals surface area contributed by atoms with Gasteiger partial charge in [0.25, 0.3) is 0 Å². The minimum absolute atomic E-state index is 0.176. The van der Waals surface area contributed by atoms with Gasteiger partial charge >= 0.3 is 0 Å². The summed E-state index contributed by atoms with van der Waals surface area (Å²) in [6.45, 7) is 5.90. The second-order valence-corrected chi connectivity index (χ2v) is 6.86. The molecule has 15 heavy (non-hydrogen) atoms. The molecule has 0 radical (unpaired) electrons. The molecule has 0 fully saturated rings. The first kappa shape index (κ1) is 12.2. The van der Waals surface area contributed by atoms with Crippen molar-refractivity contribution in [3.05, 3.63) is 29.8 Å². The first-order chi connectivity index (χ1) is 6.91. The molecule has 0 aliphatic carbocycles. The Kier molecular flexibility index (Phi) is 3.91. The van der Waals surface area contributed by atoms with E-state index in [0.29, 0.717) is 17.9 Å². The monoisotopic (exact) mass is 226 g/mol. The maximum Gasteiger partial charge on any atom is 0.118 e. The van der Waals surface area contributed by atoms with Gasteiger partial charge in [0.1, 0.15) is 5.75 Å². The molecule has 1 unspecified atom stereocenters. The van der Waals surface area contributed by atoms with Crippen molar-refractivity contribution < 1.29 is 9.32 Å². The van der Waals surface area contributed by atoms with Crippen LogP contribution in [0.15, 0.2) is 24.3 Å². The Balaban J connectivity index is 2.59. The first-order valence-electron chi connectivity index (χ1n) is 5.06. The van der Waals surface area contributed by atoms with Gasteiger partial charge in [-0.15, -0.1) is 0 Å². The van der Waals surface area contributed by atoms with Crippen LogP contribution in [0.3, 0.4) is 0 Å².